The van der Waals surface area contributed by atoms with Crippen molar-refractivity contribution in [1.29, 1.82) is 0 Å². The van der Waals surface area contributed by atoms with Crippen molar-refractivity contribution in [2.75, 3.05) is 31.6 Å². The van der Waals surface area contributed by atoms with Crippen LogP contribution in [-0.2, 0) is 4.79 Å². The second-order valence-corrected chi connectivity index (χ2v) is 7.67. The van der Waals surface area contributed by atoms with Crippen molar-refractivity contribution >= 4 is 39.3 Å². The van der Waals surface area contributed by atoms with Gasteiger partial charge in [-0.1, -0.05) is 11.6 Å². The normalized spacial score (nSPS) is 19.3. The van der Waals surface area contributed by atoms with Crippen LogP contribution in [0.2, 0.25) is 5.02 Å². The molecule has 0 spiro atoms. The summed E-state index contributed by atoms with van der Waals surface area (Å²) in [6.07, 6.45) is 6.05. The summed E-state index contributed by atoms with van der Waals surface area (Å²) >= 11 is 9.49. The molecule has 120 valence electrons. The average Bonchev–Trinajstić information content (AvgIpc) is 3.32. The predicted molar refractivity (Wildman–Crippen MR) is 92.2 cm³/mol. The lowest BCUT2D eigenvalue weighted by Crippen LogP contribution is -2.40. The van der Waals surface area contributed by atoms with E-state index in [2.05, 4.69) is 25.8 Å². The molecule has 0 N–H and O–H groups in total. The standard InChI is InChI=1S/C16H21BrClN3O/c1-20(16(22)12-2-3-12)10-11-4-6-21(7-5-11)15-14(17)8-13(18)9-19-15/h8-9,11-12H,2-7,10H2,1H3. The van der Waals surface area contributed by atoms with Crippen molar-refractivity contribution in [3.63, 3.8) is 0 Å². The Morgan fingerprint density at radius 1 is 1.41 bits per heavy atom. The molecule has 6 heteroatoms. The SMILES string of the molecule is CN(CC1CCN(c2ncc(Cl)cc2Br)CC1)C(=O)C1CC1. The number of hydrogen-bond acceptors (Lipinski definition) is 3. The summed E-state index contributed by atoms with van der Waals surface area (Å²) < 4.78 is 0.944. The number of piperidine rings is 1. The van der Waals surface area contributed by atoms with Gasteiger partial charge in [0, 0.05) is 38.8 Å². The second-order valence-electron chi connectivity index (χ2n) is 6.38. The van der Waals surface area contributed by atoms with Crippen LogP contribution in [0.1, 0.15) is 25.7 Å². The van der Waals surface area contributed by atoms with Crippen LogP contribution in [0.5, 0.6) is 0 Å². The van der Waals surface area contributed by atoms with Crippen molar-refractivity contribution in [2.45, 2.75) is 25.7 Å². The molecule has 1 aromatic heterocycles. The zero-order valence-electron chi connectivity index (χ0n) is 12.8. The van der Waals surface area contributed by atoms with Crippen LogP contribution >= 0.6 is 27.5 Å². The van der Waals surface area contributed by atoms with E-state index in [1.165, 1.54) is 0 Å². The van der Waals surface area contributed by atoms with Gasteiger partial charge in [0.2, 0.25) is 5.91 Å². The Hall–Kier alpha value is -0.810. The fraction of sp³-hybridized carbons (Fsp3) is 0.625. The lowest BCUT2D eigenvalue weighted by atomic mass is 9.96. The van der Waals surface area contributed by atoms with Gasteiger partial charge in [-0.2, -0.15) is 0 Å². The molecule has 0 aromatic carbocycles. The molecular weight excluding hydrogens is 366 g/mol. The van der Waals surface area contributed by atoms with E-state index < -0.39 is 0 Å². The number of halogens is 2. The third-order valence-corrected chi connectivity index (χ3v) is 5.33. The molecule has 0 bridgehead atoms. The average molecular weight is 387 g/mol. The van der Waals surface area contributed by atoms with Crippen molar-refractivity contribution in [3.8, 4) is 0 Å². The number of carbonyl (C=O) groups is 1. The van der Waals surface area contributed by atoms with Crippen LogP contribution in [0.3, 0.4) is 0 Å². The molecule has 1 aromatic rings. The number of nitrogens with zero attached hydrogens (tertiary/aromatic N) is 3. The molecular formula is C16H21BrClN3O. The van der Waals surface area contributed by atoms with Gasteiger partial charge in [0.1, 0.15) is 5.82 Å². The van der Waals surface area contributed by atoms with Gasteiger partial charge in [-0.25, -0.2) is 4.98 Å². The first-order valence-electron chi connectivity index (χ1n) is 7.85. The molecule has 0 unspecified atom stereocenters. The highest BCUT2D eigenvalue weighted by Crippen LogP contribution is 2.32. The number of carbonyl (C=O) groups excluding carboxylic acids is 1. The van der Waals surface area contributed by atoms with E-state index in [-0.39, 0.29) is 0 Å². The van der Waals surface area contributed by atoms with Crippen LogP contribution in [0.15, 0.2) is 16.7 Å². The first-order chi connectivity index (χ1) is 10.5. The number of anilines is 1. The third kappa shape index (κ3) is 3.74. The number of aromatic nitrogens is 1. The highest BCUT2D eigenvalue weighted by Gasteiger charge is 2.33. The van der Waals surface area contributed by atoms with Gasteiger partial charge in [0.25, 0.3) is 0 Å². The fourth-order valence-corrected chi connectivity index (χ4v) is 3.98. The fourth-order valence-electron chi connectivity index (χ4n) is 3.09. The molecule has 1 saturated heterocycles. The first-order valence-corrected chi connectivity index (χ1v) is 9.02. The first kappa shape index (κ1) is 16.1. The highest BCUT2D eigenvalue weighted by molar-refractivity contribution is 9.10. The van der Waals surface area contributed by atoms with Gasteiger partial charge in [-0.15, -0.1) is 0 Å². The quantitative estimate of drug-likeness (QED) is 0.793. The largest absolute Gasteiger partial charge is 0.356 e. The second kappa shape index (κ2) is 6.75. The number of rotatable bonds is 4. The number of amides is 1. The topological polar surface area (TPSA) is 36.4 Å². The van der Waals surface area contributed by atoms with E-state index in [1.807, 2.05) is 18.0 Å². The zero-order valence-corrected chi connectivity index (χ0v) is 15.1. The van der Waals surface area contributed by atoms with Crippen molar-refractivity contribution in [1.82, 2.24) is 9.88 Å². The summed E-state index contributed by atoms with van der Waals surface area (Å²) in [4.78, 5) is 20.7. The Labute approximate surface area is 145 Å². The Bertz CT molecular complexity index is 556. The molecule has 22 heavy (non-hydrogen) atoms. The Balaban J connectivity index is 1.52. The minimum Gasteiger partial charge on any atom is -0.356 e. The van der Waals surface area contributed by atoms with Gasteiger partial charge >= 0.3 is 0 Å². The van der Waals surface area contributed by atoms with Crippen molar-refractivity contribution < 1.29 is 4.79 Å². The Morgan fingerprint density at radius 3 is 2.68 bits per heavy atom. The van der Waals surface area contributed by atoms with E-state index in [9.17, 15) is 4.79 Å². The van der Waals surface area contributed by atoms with Gasteiger partial charge < -0.3 is 9.80 Å². The molecule has 4 nitrogen and oxygen atoms in total. The Morgan fingerprint density at radius 2 is 2.09 bits per heavy atom. The van der Waals surface area contributed by atoms with Gasteiger partial charge in [-0.05, 0) is 53.6 Å². The Kier molecular flexibility index (Phi) is 4.93. The van der Waals surface area contributed by atoms with Crippen LogP contribution < -0.4 is 4.90 Å². The van der Waals surface area contributed by atoms with Crippen LogP contribution in [0, 0.1) is 11.8 Å². The van der Waals surface area contributed by atoms with Crippen LogP contribution in [0.25, 0.3) is 0 Å². The van der Waals surface area contributed by atoms with E-state index in [0.717, 1.165) is 55.6 Å². The summed E-state index contributed by atoms with van der Waals surface area (Å²) in [6, 6.07) is 1.89. The molecule has 1 aliphatic heterocycles. The van der Waals surface area contributed by atoms with Crippen molar-refractivity contribution in [3.05, 3.63) is 21.8 Å². The number of pyridine rings is 1. The summed E-state index contributed by atoms with van der Waals surface area (Å²) in [5.74, 6) is 2.21. The highest BCUT2D eigenvalue weighted by atomic mass is 79.9. The molecule has 2 heterocycles. The minimum atomic E-state index is 0.319. The third-order valence-electron chi connectivity index (χ3n) is 4.54. The van der Waals surface area contributed by atoms with Crippen LogP contribution in [-0.4, -0.2) is 42.5 Å². The number of hydrogen-bond donors (Lipinski definition) is 0. The predicted octanol–water partition coefficient (Wildman–Crippen LogP) is 3.58. The maximum Gasteiger partial charge on any atom is 0.225 e. The molecule has 2 fully saturated rings. The summed E-state index contributed by atoms with van der Waals surface area (Å²) in [5, 5.41) is 0.644. The lowest BCUT2D eigenvalue weighted by Gasteiger charge is -2.35. The van der Waals surface area contributed by atoms with Gasteiger partial charge in [0.15, 0.2) is 0 Å². The van der Waals surface area contributed by atoms with E-state index >= 15 is 0 Å². The van der Waals surface area contributed by atoms with E-state index in [1.54, 1.807) is 6.20 Å². The summed E-state index contributed by atoms with van der Waals surface area (Å²) in [7, 11) is 1.95. The van der Waals surface area contributed by atoms with Gasteiger partial charge in [0.05, 0.1) is 9.50 Å². The zero-order chi connectivity index (χ0) is 15.7. The molecule has 1 aliphatic carbocycles. The molecule has 1 saturated carbocycles. The molecule has 2 aliphatic rings. The monoisotopic (exact) mass is 385 g/mol. The van der Waals surface area contributed by atoms with E-state index in [0.29, 0.717) is 22.8 Å². The minimum absolute atomic E-state index is 0.319. The van der Waals surface area contributed by atoms with Crippen molar-refractivity contribution in [2.24, 2.45) is 11.8 Å². The van der Waals surface area contributed by atoms with Gasteiger partial charge in [-0.3, -0.25) is 4.79 Å². The molecule has 0 radical (unpaired) electrons. The lowest BCUT2D eigenvalue weighted by molar-refractivity contribution is -0.131. The summed E-state index contributed by atoms with van der Waals surface area (Å²) in [6.45, 7) is 2.84. The maximum atomic E-state index is 12.0. The van der Waals surface area contributed by atoms with Crippen LogP contribution in [0.4, 0.5) is 5.82 Å². The molecule has 3 rings (SSSR count). The maximum absolute atomic E-state index is 12.0. The molecule has 1 amide bonds. The summed E-state index contributed by atoms with van der Waals surface area (Å²) in [5.41, 5.74) is 0. The smallest absolute Gasteiger partial charge is 0.225 e. The molecule has 0 atom stereocenters. The van der Waals surface area contributed by atoms with E-state index in [4.69, 9.17) is 11.6 Å².